The minimum Gasteiger partial charge on any atom is -0.434 e. The second kappa shape index (κ2) is 12.1. The van der Waals surface area contributed by atoms with Gasteiger partial charge in [-0.2, -0.15) is 0 Å². The summed E-state index contributed by atoms with van der Waals surface area (Å²) in [6.07, 6.45) is 3.42. The van der Waals surface area contributed by atoms with Gasteiger partial charge in [-0.15, -0.1) is 0 Å². The van der Waals surface area contributed by atoms with E-state index in [1.165, 1.54) is 5.56 Å². The Balaban J connectivity index is 1.08. The van der Waals surface area contributed by atoms with Gasteiger partial charge in [-0.25, -0.2) is 24.9 Å². The number of hydrogen-bond acceptors (Lipinski definition) is 6. The van der Waals surface area contributed by atoms with Gasteiger partial charge in [0.05, 0.1) is 16.8 Å². The van der Waals surface area contributed by atoms with Gasteiger partial charge in [-0.05, 0) is 28.8 Å². The number of furan rings is 1. The maximum absolute atomic E-state index is 6.18. The van der Waals surface area contributed by atoms with Crippen LogP contribution in [0.5, 0.6) is 0 Å². The van der Waals surface area contributed by atoms with Crippen LogP contribution < -0.4 is 0 Å². The second-order valence-corrected chi connectivity index (χ2v) is 11.8. The third-order valence-electron chi connectivity index (χ3n) is 8.72. The molecule has 0 radical (unpaired) electrons. The Kier molecular flexibility index (Phi) is 7.02. The average molecular weight is 630 g/mol. The Hall–Kier alpha value is -6.79. The quantitative estimate of drug-likeness (QED) is 0.182. The zero-order valence-corrected chi connectivity index (χ0v) is 26.2. The Morgan fingerprint density at radius 3 is 1.53 bits per heavy atom. The molecule has 9 aromatic rings. The summed E-state index contributed by atoms with van der Waals surface area (Å²) in [5, 5.41) is 0.849. The van der Waals surface area contributed by atoms with E-state index in [0.29, 0.717) is 17.1 Å². The maximum atomic E-state index is 6.18. The Labute approximate surface area is 282 Å². The number of aromatic nitrogens is 5. The fourth-order valence-corrected chi connectivity index (χ4v) is 6.18. The van der Waals surface area contributed by atoms with E-state index in [4.69, 9.17) is 14.4 Å². The first-order valence-electron chi connectivity index (χ1n) is 16.1. The molecule has 0 saturated heterocycles. The van der Waals surface area contributed by atoms with Gasteiger partial charge in [0, 0.05) is 34.0 Å². The molecule has 0 aliphatic carbocycles. The molecule has 4 aromatic heterocycles. The van der Waals surface area contributed by atoms with Crippen LogP contribution in [-0.2, 0) is 0 Å². The number of nitrogens with zero attached hydrogens (tertiary/aromatic N) is 5. The highest BCUT2D eigenvalue weighted by molar-refractivity contribution is 6.06. The summed E-state index contributed by atoms with van der Waals surface area (Å²) in [6, 6.07) is 51.6. The molecule has 0 atom stereocenters. The van der Waals surface area contributed by atoms with Gasteiger partial charge in [-0.3, -0.25) is 0 Å². The summed E-state index contributed by atoms with van der Waals surface area (Å²) < 4.78 is 6.18. The second-order valence-electron chi connectivity index (χ2n) is 11.8. The molecule has 0 aliphatic heterocycles. The minimum atomic E-state index is 0.534. The topological polar surface area (TPSA) is 77.6 Å². The van der Waals surface area contributed by atoms with Crippen LogP contribution in [0.4, 0.5) is 0 Å². The summed E-state index contributed by atoms with van der Waals surface area (Å²) in [6.45, 7) is 0. The fraction of sp³-hybridized carbons (Fsp3) is 0. The molecule has 6 nitrogen and oxygen atoms in total. The lowest BCUT2D eigenvalue weighted by atomic mass is 10.0. The molecule has 49 heavy (non-hydrogen) atoms. The molecule has 0 fully saturated rings. The SMILES string of the molecule is c1ccc(-c2ccc(-c3cc(-c4ccc(-c5cnc6oc7c(-c8ccccc8)ncnc7c6c5)cc4)nc(-c4ccccc4)n3)cc2)cc1. The molecule has 0 bridgehead atoms. The molecule has 9 rings (SSSR count). The number of fused-ring (bicyclic) bond motifs is 3. The van der Waals surface area contributed by atoms with Crippen molar-refractivity contribution in [1.82, 2.24) is 24.9 Å². The predicted molar refractivity (Wildman–Crippen MR) is 195 cm³/mol. The first kappa shape index (κ1) is 28.4. The van der Waals surface area contributed by atoms with E-state index in [1.54, 1.807) is 6.33 Å². The molecular weight excluding hydrogens is 603 g/mol. The molecule has 0 saturated carbocycles. The summed E-state index contributed by atoms with van der Waals surface area (Å²) in [7, 11) is 0. The number of hydrogen-bond donors (Lipinski definition) is 0. The van der Waals surface area contributed by atoms with Crippen LogP contribution in [-0.4, -0.2) is 24.9 Å². The Morgan fingerprint density at radius 1 is 0.408 bits per heavy atom. The van der Waals surface area contributed by atoms with Crippen molar-refractivity contribution in [3.05, 3.63) is 164 Å². The van der Waals surface area contributed by atoms with Crippen molar-refractivity contribution in [2.75, 3.05) is 0 Å². The van der Waals surface area contributed by atoms with E-state index >= 15 is 0 Å². The van der Waals surface area contributed by atoms with Crippen molar-refractivity contribution < 1.29 is 4.42 Å². The first-order chi connectivity index (χ1) is 24.3. The van der Waals surface area contributed by atoms with Gasteiger partial charge in [-0.1, -0.05) is 140 Å². The first-order valence-corrected chi connectivity index (χ1v) is 16.1. The zero-order valence-electron chi connectivity index (χ0n) is 26.2. The van der Waals surface area contributed by atoms with Crippen molar-refractivity contribution >= 4 is 22.2 Å². The van der Waals surface area contributed by atoms with Crippen LogP contribution in [0.1, 0.15) is 0 Å². The molecule has 230 valence electrons. The van der Waals surface area contributed by atoms with Crippen LogP contribution in [0.3, 0.4) is 0 Å². The summed E-state index contributed by atoms with van der Waals surface area (Å²) in [5.41, 5.74) is 12.7. The van der Waals surface area contributed by atoms with Crippen molar-refractivity contribution in [3.63, 3.8) is 0 Å². The molecule has 4 heterocycles. The van der Waals surface area contributed by atoms with E-state index in [-0.39, 0.29) is 0 Å². The van der Waals surface area contributed by atoms with E-state index < -0.39 is 0 Å². The lowest BCUT2D eigenvalue weighted by Crippen LogP contribution is -1.96. The molecule has 0 aliphatic rings. The van der Waals surface area contributed by atoms with Crippen LogP contribution in [0.15, 0.2) is 169 Å². The van der Waals surface area contributed by atoms with E-state index in [2.05, 4.69) is 99.9 Å². The van der Waals surface area contributed by atoms with Gasteiger partial charge in [0.1, 0.15) is 17.5 Å². The maximum Gasteiger partial charge on any atom is 0.229 e. The molecule has 0 N–H and O–H groups in total. The molecule has 0 unspecified atom stereocenters. The summed E-state index contributed by atoms with van der Waals surface area (Å²) >= 11 is 0. The van der Waals surface area contributed by atoms with Crippen LogP contribution in [0.25, 0.3) is 89.6 Å². The van der Waals surface area contributed by atoms with Crippen molar-refractivity contribution in [2.24, 2.45) is 0 Å². The van der Waals surface area contributed by atoms with Crippen LogP contribution >= 0.6 is 0 Å². The fourth-order valence-electron chi connectivity index (χ4n) is 6.18. The highest BCUT2D eigenvalue weighted by atomic mass is 16.3. The van der Waals surface area contributed by atoms with Gasteiger partial charge in [0.15, 0.2) is 11.4 Å². The smallest absolute Gasteiger partial charge is 0.229 e. The Morgan fingerprint density at radius 2 is 0.918 bits per heavy atom. The van der Waals surface area contributed by atoms with Crippen LogP contribution in [0.2, 0.25) is 0 Å². The lowest BCUT2D eigenvalue weighted by molar-refractivity contribution is 0.652. The molecule has 6 heteroatoms. The van der Waals surface area contributed by atoms with Gasteiger partial charge >= 0.3 is 0 Å². The van der Waals surface area contributed by atoms with Crippen molar-refractivity contribution in [3.8, 4) is 67.4 Å². The largest absolute Gasteiger partial charge is 0.434 e. The van der Waals surface area contributed by atoms with Crippen molar-refractivity contribution in [2.45, 2.75) is 0 Å². The predicted octanol–water partition coefficient (Wildman–Crippen LogP) is 10.6. The zero-order chi connectivity index (χ0) is 32.6. The molecule has 0 spiro atoms. The minimum absolute atomic E-state index is 0.534. The number of pyridine rings is 1. The average Bonchev–Trinajstić information content (AvgIpc) is 3.57. The third kappa shape index (κ3) is 5.41. The van der Waals surface area contributed by atoms with Gasteiger partial charge < -0.3 is 4.42 Å². The lowest BCUT2D eigenvalue weighted by Gasteiger charge is -2.11. The van der Waals surface area contributed by atoms with E-state index in [1.807, 2.05) is 72.9 Å². The number of benzene rings is 5. The van der Waals surface area contributed by atoms with Gasteiger partial charge in [0.2, 0.25) is 5.71 Å². The van der Waals surface area contributed by atoms with E-state index in [9.17, 15) is 0 Å². The molecule has 0 amide bonds. The highest BCUT2D eigenvalue weighted by Gasteiger charge is 2.17. The number of rotatable bonds is 6. The molecular formula is C43H27N5O. The van der Waals surface area contributed by atoms with E-state index in [0.717, 1.165) is 66.9 Å². The Bertz CT molecular complexity index is 2570. The van der Waals surface area contributed by atoms with Crippen molar-refractivity contribution in [1.29, 1.82) is 0 Å². The normalized spacial score (nSPS) is 11.3. The summed E-state index contributed by atoms with van der Waals surface area (Å²) in [5.74, 6) is 0.683. The van der Waals surface area contributed by atoms with Crippen LogP contribution in [0, 0.1) is 0 Å². The highest BCUT2D eigenvalue weighted by Crippen LogP contribution is 2.35. The standard InChI is InChI=1S/C43H27N5O/c1-4-10-28(11-5-1)29-16-20-31(21-17-29)37-25-38(48-42(47-37)34-14-8-3-9-15-34)32-22-18-30(19-23-32)35-24-36-40-41(49-43(36)44-26-35)39(45-27-46-40)33-12-6-2-7-13-33/h1-27H. The van der Waals surface area contributed by atoms with Gasteiger partial charge in [0.25, 0.3) is 0 Å². The monoisotopic (exact) mass is 629 g/mol. The summed E-state index contributed by atoms with van der Waals surface area (Å²) in [4.78, 5) is 23.8. The molecule has 5 aromatic carbocycles. The third-order valence-corrected chi connectivity index (χ3v) is 8.72.